The number of ether oxygens (including phenoxy) is 1. The van der Waals surface area contributed by atoms with Gasteiger partial charge in [-0.05, 0) is 50.7 Å². The first-order valence-electron chi connectivity index (χ1n) is 7.74. The van der Waals surface area contributed by atoms with Gasteiger partial charge in [-0.3, -0.25) is 9.88 Å². The summed E-state index contributed by atoms with van der Waals surface area (Å²) in [5, 5.41) is 0. The minimum atomic E-state index is 0.413. The number of fused-ring (bicyclic) bond motifs is 2. The second-order valence-corrected chi connectivity index (χ2v) is 6.31. The van der Waals surface area contributed by atoms with Crippen LogP contribution in [0, 0.1) is 0 Å². The molecule has 3 heteroatoms. The number of pyridine rings is 1. The smallest absolute Gasteiger partial charge is 0.122 e. The first-order chi connectivity index (χ1) is 9.40. The number of hydrogen-bond acceptors (Lipinski definition) is 3. The van der Waals surface area contributed by atoms with Crippen molar-refractivity contribution in [3.05, 3.63) is 24.5 Å². The lowest BCUT2D eigenvalue weighted by molar-refractivity contribution is -0.00227. The Morgan fingerprint density at radius 1 is 0.947 bits per heavy atom. The normalized spacial score (nSPS) is 35.1. The van der Waals surface area contributed by atoms with E-state index in [1.807, 2.05) is 24.5 Å². The fraction of sp³-hybridized carbons (Fsp3) is 0.688. The molecule has 2 saturated heterocycles. The molecule has 1 aromatic rings. The first-order valence-corrected chi connectivity index (χ1v) is 7.74. The second-order valence-electron chi connectivity index (χ2n) is 6.31. The molecule has 1 saturated carbocycles. The molecule has 0 spiro atoms. The first kappa shape index (κ1) is 11.7. The molecule has 1 aliphatic carbocycles. The molecule has 3 heterocycles. The number of rotatable bonds is 3. The molecule has 3 nitrogen and oxygen atoms in total. The zero-order valence-electron chi connectivity index (χ0n) is 11.4. The predicted octanol–water partition coefficient (Wildman–Crippen LogP) is 3.01. The molecule has 0 aromatic carbocycles. The van der Waals surface area contributed by atoms with Crippen molar-refractivity contribution in [3.8, 4) is 5.75 Å². The zero-order valence-corrected chi connectivity index (χ0v) is 11.4. The Morgan fingerprint density at radius 2 is 1.63 bits per heavy atom. The number of aromatic nitrogens is 1. The van der Waals surface area contributed by atoms with Crippen molar-refractivity contribution in [2.24, 2.45) is 0 Å². The maximum Gasteiger partial charge on any atom is 0.122 e. The van der Waals surface area contributed by atoms with E-state index in [9.17, 15) is 0 Å². The summed E-state index contributed by atoms with van der Waals surface area (Å²) in [5.74, 6) is 0.983. The van der Waals surface area contributed by atoms with E-state index in [-0.39, 0.29) is 0 Å². The minimum absolute atomic E-state index is 0.413. The van der Waals surface area contributed by atoms with E-state index in [1.54, 1.807) is 0 Å². The SMILES string of the molecule is c1cc(OC2CC3CCC(C2)N3C2CCC2)ccn1. The standard InChI is InChI=1S/C16H22N2O/c1-2-12(3-1)18-13-4-5-14(18)11-16(10-13)19-15-6-8-17-9-7-15/h6-9,12-14,16H,1-5,10-11H2. The molecule has 2 aliphatic heterocycles. The van der Waals surface area contributed by atoms with Gasteiger partial charge in [-0.25, -0.2) is 0 Å². The molecule has 1 aromatic heterocycles. The lowest BCUT2D eigenvalue weighted by Crippen LogP contribution is -2.53. The van der Waals surface area contributed by atoms with Gasteiger partial charge in [0.15, 0.2) is 0 Å². The van der Waals surface area contributed by atoms with Crippen LogP contribution < -0.4 is 4.74 Å². The Bertz CT molecular complexity index is 418. The summed E-state index contributed by atoms with van der Waals surface area (Å²) in [5.41, 5.74) is 0. The van der Waals surface area contributed by atoms with Gasteiger partial charge in [0.05, 0.1) is 0 Å². The summed E-state index contributed by atoms with van der Waals surface area (Å²) >= 11 is 0. The van der Waals surface area contributed by atoms with Gasteiger partial charge in [0.2, 0.25) is 0 Å². The Morgan fingerprint density at radius 3 is 2.21 bits per heavy atom. The molecule has 3 aliphatic rings. The molecule has 19 heavy (non-hydrogen) atoms. The van der Waals surface area contributed by atoms with Crippen molar-refractivity contribution in [3.63, 3.8) is 0 Å². The van der Waals surface area contributed by atoms with Crippen LogP contribution >= 0.6 is 0 Å². The minimum Gasteiger partial charge on any atom is -0.490 e. The molecule has 3 fully saturated rings. The van der Waals surface area contributed by atoms with Gasteiger partial charge in [0.25, 0.3) is 0 Å². The Hall–Kier alpha value is -1.09. The molecule has 2 unspecified atom stereocenters. The Labute approximate surface area is 115 Å². The largest absolute Gasteiger partial charge is 0.490 e. The van der Waals surface area contributed by atoms with E-state index < -0.39 is 0 Å². The van der Waals surface area contributed by atoms with E-state index in [1.165, 1.54) is 44.9 Å². The summed E-state index contributed by atoms with van der Waals surface area (Å²) in [6, 6.07) is 6.42. The van der Waals surface area contributed by atoms with Crippen LogP contribution in [0.5, 0.6) is 5.75 Å². The summed E-state index contributed by atoms with van der Waals surface area (Å²) < 4.78 is 6.15. The van der Waals surface area contributed by atoms with Gasteiger partial charge in [-0.1, -0.05) is 6.42 Å². The molecular weight excluding hydrogens is 236 g/mol. The van der Waals surface area contributed by atoms with Crippen molar-refractivity contribution in [2.45, 2.75) is 69.2 Å². The van der Waals surface area contributed by atoms with Crippen LogP contribution in [0.25, 0.3) is 0 Å². The fourth-order valence-corrected chi connectivity index (χ4v) is 4.15. The van der Waals surface area contributed by atoms with Crippen LogP contribution in [0.15, 0.2) is 24.5 Å². The van der Waals surface area contributed by atoms with E-state index in [4.69, 9.17) is 4.74 Å². The van der Waals surface area contributed by atoms with E-state index >= 15 is 0 Å². The van der Waals surface area contributed by atoms with Crippen LogP contribution in [0.1, 0.15) is 44.9 Å². The van der Waals surface area contributed by atoms with E-state index in [2.05, 4.69) is 9.88 Å². The highest BCUT2D eigenvalue weighted by Gasteiger charge is 2.45. The second kappa shape index (κ2) is 4.78. The third-order valence-electron chi connectivity index (χ3n) is 5.20. The van der Waals surface area contributed by atoms with Crippen molar-refractivity contribution >= 4 is 0 Å². The monoisotopic (exact) mass is 258 g/mol. The summed E-state index contributed by atoms with van der Waals surface area (Å²) in [4.78, 5) is 6.89. The topological polar surface area (TPSA) is 25.4 Å². The molecule has 102 valence electrons. The Balaban J connectivity index is 1.42. The predicted molar refractivity (Wildman–Crippen MR) is 74.2 cm³/mol. The molecular formula is C16H22N2O. The average molecular weight is 258 g/mol. The van der Waals surface area contributed by atoms with Gasteiger partial charge >= 0.3 is 0 Å². The van der Waals surface area contributed by atoms with Crippen molar-refractivity contribution in [2.75, 3.05) is 0 Å². The van der Waals surface area contributed by atoms with Crippen LogP contribution in [0.4, 0.5) is 0 Å². The molecule has 0 amide bonds. The summed E-state index contributed by atoms with van der Waals surface area (Å²) in [7, 11) is 0. The highest BCUT2D eigenvalue weighted by molar-refractivity contribution is 5.17. The molecule has 2 atom stereocenters. The fourth-order valence-electron chi connectivity index (χ4n) is 4.15. The third-order valence-corrected chi connectivity index (χ3v) is 5.20. The number of nitrogens with zero attached hydrogens (tertiary/aromatic N) is 2. The van der Waals surface area contributed by atoms with Gasteiger partial charge < -0.3 is 4.74 Å². The van der Waals surface area contributed by atoms with Crippen LogP contribution in [0.3, 0.4) is 0 Å². The van der Waals surface area contributed by atoms with Gasteiger partial charge in [0.1, 0.15) is 11.9 Å². The van der Waals surface area contributed by atoms with Crippen LogP contribution in [-0.4, -0.2) is 34.1 Å². The van der Waals surface area contributed by atoms with Gasteiger partial charge in [0, 0.05) is 30.5 Å². The maximum atomic E-state index is 6.15. The summed E-state index contributed by atoms with van der Waals surface area (Å²) in [6.45, 7) is 0. The quantitative estimate of drug-likeness (QED) is 0.833. The average Bonchev–Trinajstić information content (AvgIpc) is 2.62. The molecule has 4 rings (SSSR count). The van der Waals surface area contributed by atoms with Crippen molar-refractivity contribution < 1.29 is 4.74 Å². The lowest BCUT2D eigenvalue weighted by Gasteiger charge is -2.46. The number of hydrogen-bond donors (Lipinski definition) is 0. The lowest BCUT2D eigenvalue weighted by atomic mass is 9.87. The molecule has 2 bridgehead atoms. The Kier molecular flexibility index (Phi) is 2.95. The highest BCUT2D eigenvalue weighted by Crippen LogP contribution is 2.42. The number of piperidine rings is 1. The van der Waals surface area contributed by atoms with Crippen molar-refractivity contribution in [1.29, 1.82) is 0 Å². The highest BCUT2D eigenvalue weighted by atomic mass is 16.5. The molecule has 0 radical (unpaired) electrons. The molecule has 0 N–H and O–H groups in total. The summed E-state index contributed by atoms with van der Waals surface area (Å²) in [6.07, 6.45) is 13.6. The van der Waals surface area contributed by atoms with Crippen LogP contribution in [0.2, 0.25) is 0 Å². The third kappa shape index (κ3) is 2.14. The van der Waals surface area contributed by atoms with E-state index in [0.29, 0.717) is 6.10 Å². The van der Waals surface area contributed by atoms with E-state index in [0.717, 1.165) is 23.9 Å². The zero-order chi connectivity index (χ0) is 12.7. The van der Waals surface area contributed by atoms with Crippen molar-refractivity contribution in [1.82, 2.24) is 9.88 Å². The maximum absolute atomic E-state index is 6.15. The van der Waals surface area contributed by atoms with Crippen LogP contribution in [-0.2, 0) is 0 Å². The van der Waals surface area contributed by atoms with Gasteiger partial charge in [-0.15, -0.1) is 0 Å². The van der Waals surface area contributed by atoms with Gasteiger partial charge in [-0.2, -0.15) is 0 Å².